The fraction of sp³-hybridized carbons (Fsp3) is 0.227. The molecule has 2 aliphatic heterocycles. The van der Waals surface area contributed by atoms with Crippen molar-refractivity contribution in [3.63, 3.8) is 0 Å². The average Bonchev–Trinajstić information content (AvgIpc) is 3.29. The molecule has 0 atom stereocenters. The Morgan fingerprint density at radius 1 is 0.704 bits per heavy atom. The fourth-order valence-electron chi connectivity index (χ4n) is 3.77. The molecule has 0 radical (unpaired) electrons. The van der Waals surface area contributed by atoms with Gasteiger partial charge >= 0.3 is 0 Å². The second kappa shape index (κ2) is 7.12. The maximum absolute atomic E-state index is 5.32. The molecule has 2 aromatic rings. The molecule has 2 nitrogen and oxygen atoms in total. The van der Waals surface area contributed by atoms with Crippen LogP contribution in [0.4, 0.5) is 0 Å². The first-order valence-corrected chi connectivity index (χ1v) is 12.9. The number of hydrogen-bond acceptors (Lipinski definition) is 4. The zero-order chi connectivity index (χ0) is 18.4. The number of rotatable bonds is 4. The summed E-state index contributed by atoms with van der Waals surface area (Å²) < 4.78 is 10.6. The van der Waals surface area contributed by atoms with Crippen molar-refractivity contribution in [1.29, 1.82) is 0 Å². The lowest BCUT2D eigenvalue weighted by Gasteiger charge is -2.20. The summed E-state index contributed by atoms with van der Waals surface area (Å²) in [6, 6.07) is 17.1. The van der Waals surface area contributed by atoms with Crippen LogP contribution in [0.5, 0.6) is 11.5 Å². The molecule has 27 heavy (non-hydrogen) atoms. The minimum atomic E-state index is 0.187. The van der Waals surface area contributed by atoms with Crippen LogP contribution in [0.3, 0.4) is 0 Å². The minimum Gasteiger partial charge on any atom is -0.497 e. The number of methoxy groups -OCH3 is 2. The van der Waals surface area contributed by atoms with Crippen molar-refractivity contribution in [2.75, 3.05) is 14.2 Å². The summed E-state index contributed by atoms with van der Waals surface area (Å²) in [5, 5.41) is 0. The Kier molecular flexibility index (Phi) is 4.62. The molecule has 0 saturated heterocycles. The molecular formula is C22H20O2S3. The third kappa shape index (κ3) is 2.96. The van der Waals surface area contributed by atoms with Gasteiger partial charge in [0.15, 0.2) is 0 Å². The minimum absolute atomic E-state index is 0.187. The van der Waals surface area contributed by atoms with E-state index in [1.165, 1.54) is 40.2 Å². The predicted octanol–water partition coefficient (Wildman–Crippen LogP) is 6.78. The molecule has 1 aliphatic carbocycles. The van der Waals surface area contributed by atoms with E-state index in [4.69, 9.17) is 9.47 Å². The third-order valence-electron chi connectivity index (χ3n) is 5.14. The number of ether oxygens (including phenoxy) is 2. The van der Waals surface area contributed by atoms with Crippen LogP contribution in [0.25, 0.3) is 9.81 Å². The van der Waals surface area contributed by atoms with Gasteiger partial charge in [-0.1, -0.05) is 54.4 Å². The number of allylic oxidation sites excluding steroid dienone is 2. The van der Waals surface area contributed by atoms with Gasteiger partial charge in [0.05, 0.1) is 14.2 Å². The molecule has 5 rings (SSSR count). The Morgan fingerprint density at radius 2 is 1.15 bits per heavy atom. The van der Waals surface area contributed by atoms with E-state index in [1.54, 1.807) is 30.2 Å². The molecule has 2 aromatic carbocycles. The van der Waals surface area contributed by atoms with Gasteiger partial charge in [-0.25, -0.2) is 0 Å². The molecule has 3 aliphatic rings. The molecule has 2 heterocycles. The van der Waals surface area contributed by atoms with E-state index in [9.17, 15) is 0 Å². The first-order chi connectivity index (χ1) is 13.3. The smallest absolute Gasteiger partial charge is 0.118 e. The van der Waals surface area contributed by atoms with Gasteiger partial charge in [-0.05, 0) is 65.8 Å². The summed E-state index contributed by atoms with van der Waals surface area (Å²) in [6.07, 6.45) is 3.64. The van der Waals surface area contributed by atoms with Crippen LogP contribution in [-0.4, -0.2) is 19.1 Å². The molecule has 1 saturated carbocycles. The van der Waals surface area contributed by atoms with E-state index in [0.29, 0.717) is 0 Å². The highest BCUT2D eigenvalue weighted by Gasteiger charge is 2.37. The van der Waals surface area contributed by atoms with Crippen LogP contribution >= 0.6 is 30.1 Å². The van der Waals surface area contributed by atoms with E-state index < -0.39 is 0 Å². The summed E-state index contributed by atoms with van der Waals surface area (Å²) in [4.78, 5) is 4.59. The van der Waals surface area contributed by atoms with Gasteiger partial charge in [0, 0.05) is 14.7 Å². The third-order valence-corrected chi connectivity index (χ3v) is 11.7. The van der Waals surface area contributed by atoms with Crippen LogP contribution in [0.15, 0.2) is 59.7 Å². The quantitative estimate of drug-likeness (QED) is 0.407. The van der Waals surface area contributed by atoms with Crippen molar-refractivity contribution >= 4 is 44.8 Å². The van der Waals surface area contributed by atoms with Gasteiger partial charge in [0.1, 0.15) is 11.5 Å². The van der Waals surface area contributed by atoms with Gasteiger partial charge < -0.3 is 9.47 Å². The highest BCUT2D eigenvalue weighted by atomic mass is 33.5. The Morgan fingerprint density at radius 3 is 1.56 bits per heavy atom. The predicted molar refractivity (Wildman–Crippen MR) is 121 cm³/mol. The van der Waals surface area contributed by atoms with Crippen molar-refractivity contribution < 1.29 is 9.47 Å². The highest BCUT2D eigenvalue weighted by molar-refractivity contribution is 9.19. The van der Waals surface area contributed by atoms with Crippen LogP contribution < -0.4 is 9.47 Å². The van der Waals surface area contributed by atoms with E-state index >= 15 is 0 Å². The normalized spacial score (nSPS) is 19.0. The van der Waals surface area contributed by atoms with E-state index in [1.807, 2.05) is 0 Å². The standard InChI is InChI=1S/C22H20O2S3/c1-23-16-10-6-14(7-11-16)20-18-4-3-5-19-21(26-27(25-20)22(18)19)15-8-12-17(24-2)13-9-15/h6-13H,3-5H2,1-2H3. The molecule has 138 valence electrons. The number of hydrogen-bond donors (Lipinski definition) is 0. The second-order valence-electron chi connectivity index (χ2n) is 6.66. The SMILES string of the molecule is COc1ccc(C2=C3CCCC4=C(c5ccc(OC)cc5)SS(=C34)S2)cc1. The molecule has 0 aromatic heterocycles. The number of benzene rings is 2. The van der Waals surface area contributed by atoms with Gasteiger partial charge in [0.25, 0.3) is 0 Å². The van der Waals surface area contributed by atoms with E-state index in [0.717, 1.165) is 11.5 Å². The summed E-state index contributed by atoms with van der Waals surface area (Å²) in [5.41, 5.74) is 5.84. The molecule has 0 unspecified atom stereocenters. The van der Waals surface area contributed by atoms with Crippen molar-refractivity contribution in [1.82, 2.24) is 0 Å². The largest absolute Gasteiger partial charge is 0.497 e. The van der Waals surface area contributed by atoms with Crippen molar-refractivity contribution in [2.24, 2.45) is 0 Å². The van der Waals surface area contributed by atoms with E-state index in [-0.39, 0.29) is 8.55 Å². The van der Waals surface area contributed by atoms with Gasteiger partial charge in [-0.15, -0.1) is 0 Å². The monoisotopic (exact) mass is 412 g/mol. The lowest BCUT2D eigenvalue weighted by Crippen LogP contribution is -2.10. The van der Waals surface area contributed by atoms with Gasteiger partial charge in [-0.3, -0.25) is 0 Å². The Hall–Kier alpha value is -1.56. The first kappa shape index (κ1) is 17.5. The lowest BCUT2D eigenvalue weighted by atomic mass is 9.87. The van der Waals surface area contributed by atoms with Crippen LogP contribution in [-0.2, 0) is 0 Å². The molecule has 0 amide bonds. The van der Waals surface area contributed by atoms with Crippen molar-refractivity contribution in [3.8, 4) is 11.5 Å². The topological polar surface area (TPSA) is 18.5 Å². The second-order valence-corrected chi connectivity index (χ2v) is 12.3. The summed E-state index contributed by atoms with van der Waals surface area (Å²) in [5.74, 6) is 1.84. The Balaban J connectivity index is 1.53. The summed E-state index contributed by atoms with van der Waals surface area (Å²) >= 11 is 0. The summed E-state index contributed by atoms with van der Waals surface area (Å²) in [6.45, 7) is 0. The highest BCUT2D eigenvalue weighted by Crippen LogP contribution is 2.69. The van der Waals surface area contributed by atoms with Crippen molar-refractivity contribution in [3.05, 3.63) is 70.8 Å². The molecule has 0 spiro atoms. The van der Waals surface area contributed by atoms with E-state index in [2.05, 4.69) is 70.1 Å². The van der Waals surface area contributed by atoms with Gasteiger partial charge in [-0.2, -0.15) is 0 Å². The lowest BCUT2D eigenvalue weighted by molar-refractivity contribution is 0.414. The average molecular weight is 413 g/mol. The maximum Gasteiger partial charge on any atom is 0.118 e. The Bertz CT molecular complexity index is 919. The van der Waals surface area contributed by atoms with Crippen LogP contribution in [0.2, 0.25) is 0 Å². The molecular weight excluding hydrogens is 392 g/mol. The van der Waals surface area contributed by atoms with Crippen LogP contribution in [0, 0.1) is 0 Å². The zero-order valence-electron chi connectivity index (χ0n) is 15.3. The molecule has 5 heteroatoms. The molecule has 0 N–H and O–H groups in total. The zero-order valence-corrected chi connectivity index (χ0v) is 17.7. The van der Waals surface area contributed by atoms with Crippen molar-refractivity contribution in [2.45, 2.75) is 19.3 Å². The Labute approximate surface area is 169 Å². The van der Waals surface area contributed by atoms with Gasteiger partial charge in [0.2, 0.25) is 0 Å². The van der Waals surface area contributed by atoms with Crippen LogP contribution in [0.1, 0.15) is 30.4 Å². The fourth-order valence-corrected chi connectivity index (χ4v) is 11.7. The maximum atomic E-state index is 5.32. The summed E-state index contributed by atoms with van der Waals surface area (Å²) in [7, 11) is 7.74. The first-order valence-electron chi connectivity index (χ1n) is 9.02. The molecule has 0 bridgehead atoms. The molecule has 1 fully saturated rings.